The SMILES string of the molecule is COc1ccccc1C1C(C(=O)C(C)C)C(=O)C(=O)N1c1ccc(-c2ccsc2)c(CO)c1. The van der Waals surface area contributed by atoms with Crippen molar-refractivity contribution >= 4 is 34.5 Å². The van der Waals surface area contributed by atoms with Gasteiger partial charge < -0.3 is 9.84 Å². The number of thiophene rings is 1. The van der Waals surface area contributed by atoms with E-state index in [1.54, 1.807) is 61.6 Å². The number of ketones is 2. The molecule has 2 aromatic carbocycles. The minimum absolute atomic E-state index is 0.233. The fourth-order valence-corrected chi connectivity index (χ4v) is 5.04. The summed E-state index contributed by atoms with van der Waals surface area (Å²) in [7, 11) is 1.51. The molecule has 170 valence electrons. The third-order valence-electron chi connectivity index (χ3n) is 6.01. The number of ether oxygens (including phenoxy) is 1. The maximum atomic E-state index is 13.3. The van der Waals surface area contributed by atoms with Gasteiger partial charge in [0, 0.05) is 17.2 Å². The zero-order valence-electron chi connectivity index (χ0n) is 18.6. The van der Waals surface area contributed by atoms with Gasteiger partial charge in [-0.15, -0.1) is 0 Å². The molecular weight excluding hydrogens is 438 g/mol. The van der Waals surface area contributed by atoms with E-state index in [0.717, 1.165) is 11.1 Å². The van der Waals surface area contributed by atoms with Gasteiger partial charge in [0.15, 0.2) is 0 Å². The van der Waals surface area contributed by atoms with Crippen LogP contribution in [0.5, 0.6) is 5.75 Å². The second-order valence-electron chi connectivity index (χ2n) is 8.27. The van der Waals surface area contributed by atoms with Crippen LogP contribution in [0.4, 0.5) is 5.69 Å². The molecule has 4 rings (SSSR count). The van der Waals surface area contributed by atoms with Crippen LogP contribution in [0.1, 0.15) is 31.0 Å². The van der Waals surface area contributed by atoms with Crippen LogP contribution in [0.15, 0.2) is 59.3 Å². The number of benzene rings is 2. The predicted octanol–water partition coefficient (Wildman–Crippen LogP) is 4.41. The fraction of sp³-hybridized carbons (Fsp3) is 0.269. The Morgan fingerprint density at radius 1 is 1.15 bits per heavy atom. The van der Waals surface area contributed by atoms with E-state index >= 15 is 0 Å². The number of Topliss-reactive ketones (excluding diaryl/α,β-unsaturated/α-hetero) is 2. The van der Waals surface area contributed by atoms with Crippen LogP contribution in [-0.4, -0.2) is 29.7 Å². The minimum atomic E-state index is -1.14. The van der Waals surface area contributed by atoms with Crippen molar-refractivity contribution < 1.29 is 24.2 Å². The van der Waals surface area contributed by atoms with Gasteiger partial charge in [-0.2, -0.15) is 11.3 Å². The topological polar surface area (TPSA) is 83.9 Å². The summed E-state index contributed by atoms with van der Waals surface area (Å²) >= 11 is 1.55. The maximum absolute atomic E-state index is 13.3. The lowest BCUT2D eigenvalue weighted by atomic mass is 9.84. The molecule has 0 bridgehead atoms. The summed E-state index contributed by atoms with van der Waals surface area (Å²) in [6.07, 6.45) is 0. The van der Waals surface area contributed by atoms with Gasteiger partial charge in [0.1, 0.15) is 17.5 Å². The largest absolute Gasteiger partial charge is 0.496 e. The highest BCUT2D eigenvalue weighted by molar-refractivity contribution is 7.08. The number of carbonyl (C=O) groups excluding carboxylic acids is 3. The summed E-state index contributed by atoms with van der Waals surface area (Å²) in [6.45, 7) is 3.21. The summed E-state index contributed by atoms with van der Waals surface area (Å²) in [5.41, 5.74) is 3.48. The number of carbonyl (C=O) groups is 3. The molecule has 1 N–H and O–H groups in total. The second-order valence-corrected chi connectivity index (χ2v) is 9.05. The van der Waals surface area contributed by atoms with Gasteiger partial charge in [-0.1, -0.05) is 38.1 Å². The molecule has 1 aliphatic rings. The quantitative estimate of drug-likeness (QED) is 0.414. The molecule has 1 saturated heterocycles. The highest BCUT2D eigenvalue weighted by Crippen LogP contribution is 2.44. The minimum Gasteiger partial charge on any atom is -0.496 e. The first-order chi connectivity index (χ1) is 15.9. The predicted molar refractivity (Wildman–Crippen MR) is 127 cm³/mol. The number of aliphatic hydroxyl groups excluding tert-OH is 1. The van der Waals surface area contributed by atoms with Crippen LogP contribution in [0.3, 0.4) is 0 Å². The smallest absolute Gasteiger partial charge is 0.295 e. The van der Waals surface area contributed by atoms with Gasteiger partial charge in [-0.05, 0) is 51.7 Å². The van der Waals surface area contributed by atoms with E-state index in [4.69, 9.17) is 4.74 Å². The third kappa shape index (κ3) is 3.98. The first kappa shape index (κ1) is 22.9. The molecule has 1 fully saturated rings. The molecule has 3 aromatic rings. The molecule has 33 heavy (non-hydrogen) atoms. The molecular formula is C26H25NO5S. The Morgan fingerprint density at radius 3 is 2.55 bits per heavy atom. The average molecular weight is 464 g/mol. The van der Waals surface area contributed by atoms with Gasteiger partial charge >= 0.3 is 0 Å². The van der Waals surface area contributed by atoms with Gasteiger partial charge in [0.2, 0.25) is 5.78 Å². The first-order valence-corrected chi connectivity index (χ1v) is 11.6. The van der Waals surface area contributed by atoms with Crippen molar-refractivity contribution in [3.63, 3.8) is 0 Å². The molecule has 2 atom stereocenters. The third-order valence-corrected chi connectivity index (χ3v) is 6.69. The number of amides is 1. The summed E-state index contributed by atoms with van der Waals surface area (Å²) < 4.78 is 5.51. The number of anilines is 1. The number of para-hydroxylation sites is 1. The van der Waals surface area contributed by atoms with E-state index in [2.05, 4.69) is 0 Å². The number of aliphatic hydroxyl groups is 1. The highest BCUT2D eigenvalue weighted by atomic mass is 32.1. The molecule has 1 aromatic heterocycles. The molecule has 6 nitrogen and oxygen atoms in total. The molecule has 0 spiro atoms. The number of hydrogen-bond donors (Lipinski definition) is 1. The Bertz CT molecular complexity index is 1200. The van der Waals surface area contributed by atoms with Gasteiger partial charge in [-0.25, -0.2) is 0 Å². The molecule has 1 amide bonds. The van der Waals surface area contributed by atoms with E-state index in [-0.39, 0.29) is 12.4 Å². The zero-order valence-corrected chi connectivity index (χ0v) is 19.5. The molecule has 0 saturated carbocycles. The Hall–Kier alpha value is -3.29. The second kappa shape index (κ2) is 9.29. The van der Waals surface area contributed by atoms with Crippen molar-refractivity contribution in [2.24, 2.45) is 11.8 Å². The zero-order chi connectivity index (χ0) is 23.7. The lowest BCUT2D eigenvalue weighted by Crippen LogP contribution is -2.32. The molecule has 7 heteroatoms. The maximum Gasteiger partial charge on any atom is 0.295 e. The number of methoxy groups -OCH3 is 1. The summed E-state index contributed by atoms with van der Waals surface area (Å²) in [6, 6.07) is 13.5. The van der Waals surface area contributed by atoms with Crippen LogP contribution in [0.2, 0.25) is 0 Å². The van der Waals surface area contributed by atoms with Crippen molar-refractivity contribution in [3.8, 4) is 16.9 Å². The Balaban J connectivity index is 1.89. The number of hydrogen-bond acceptors (Lipinski definition) is 6. The van der Waals surface area contributed by atoms with Crippen molar-refractivity contribution in [1.29, 1.82) is 0 Å². The van der Waals surface area contributed by atoms with Crippen LogP contribution < -0.4 is 9.64 Å². The normalized spacial score (nSPS) is 18.3. The van der Waals surface area contributed by atoms with Crippen molar-refractivity contribution in [2.75, 3.05) is 12.0 Å². The van der Waals surface area contributed by atoms with Gasteiger partial charge in [-0.3, -0.25) is 19.3 Å². The summed E-state index contributed by atoms with van der Waals surface area (Å²) in [4.78, 5) is 40.9. The molecule has 0 aliphatic carbocycles. The fourth-order valence-electron chi connectivity index (χ4n) is 4.38. The van der Waals surface area contributed by atoms with E-state index in [0.29, 0.717) is 22.6 Å². The lowest BCUT2D eigenvalue weighted by Gasteiger charge is -2.29. The summed E-state index contributed by atoms with van der Waals surface area (Å²) in [5, 5.41) is 14.0. The number of rotatable bonds is 7. The van der Waals surface area contributed by atoms with E-state index < -0.39 is 29.6 Å². The van der Waals surface area contributed by atoms with Crippen LogP contribution in [0, 0.1) is 11.8 Å². The van der Waals surface area contributed by atoms with Crippen molar-refractivity contribution in [3.05, 3.63) is 70.4 Å². The van der Waals surface area contributed by atoms with E-state index in [1.165, 1.54) is 12.0 Å². The van der Waals surface area contributed by atoms with Crippen molar-refractivity contribution in [1.82, 2.24) is 0 Å². The Labute approximate surface area is 196 Å². The molecule has 2 heterocycles. The molecule has 1 aliphatic heterocycles. The van der Waals surface area contributed by atoms with Crippen LogP contribution in [0.25, 0.3) is 11.1 Å². The van der Waals surface area contributed by atoms with Crippen LogP contribution >= 0.6 is 11.3 Å². The molecule has 0 radical (unpaired) electrons. The average Bonchev–Trinajstić information content (AvgIpc) is 3.45. The summed E-state index contributed by atoms with van der Waals surface area (Å²) in [5.74, 6) is -2.81. The van der Waals surface area contributed by atoms with Gasteiger partial charge in [0.05, 0.1) is 19.8 Å². The van der Waals surface area contributed by atoms with Crippen LogP contribution in [-0.2, 0) is 21.0 Å². The lowest BCUT2D eigenvalue weighted by molar-refractivity contribution is -0.139. The van der Waals surface area contributed by atoms with Gasteiger partial charge in [0.25, 0.3) is 5.91 Å². The Morgan fingerprint density at radius 2 is 1.91 bits per heavy atom. The van der Waals surface area contributed by atoms with E-state index in [1.807, 2.05) is 22.9 Å². The number of nitrogens with zero attached hydrogens (tertiary/aromatic N) is 1. The van der Waals surface area contributed by atoms with E-state index in [9.17, 15) is 19.5 Å². The highest BCUT2D eigenvalue weighted by Gasteiger charge is 2.53. The monoisotopic (exact) mass is 463 g/mol. The standard InChI is InChI=1S/C26H25NO5S/c1-15(2)24(29)22-23(20-6-4-5-7-21(20)32-3)27(26(31)25(22)30)18-8-9-19(17(12-18)13-28)16-10-11-33-14-16/h4-12,14-15,22-23,28H,13H2,1-3H3. The van der Waals surface area contributed by atoms with Crippen molar-refractivity contribution in [2.45, 2.75) is 26.5 Å². The Kier molecular flexibility index (Phi) is 6.44. The molecule has 2 unspecified atom stereocenters. The first-order valence-electron chi connectivity index (χ1n) is 10.7.